The number of thiazole rings is 1. The van der Waals surface area contributed by atoms with Crippen molar-refractivity contribution >= 4 is 28.2 Å². The Labute approximate surface area is 183 Å². The van der Waals surface area contributed by atoms with Crippen molar-refractivity contribution in [1.29, 1.82) is 0 Å². The van der Waals surface area contributed by atoms with Gasteiger partial charge >= 0.3 is 0 Å². The number of para-hydroxylation sites is 1. The molecular weight excluding hydrogens is 406 g/mol. The Kier molecular flexibility index (Phi) is 5.29. The summed E-state index contributed by atoms with van der Waals surface area (Å²) >= 11 is 1.49. The summed E-state index contributed by atoms with van der Waals surface area (Å²) in [5.74, 6) is 0.584. The summed E-state index contributed by atoms with van der Waals surface area (Å²) in [7, 11) is 0. The molecule has 0 radical (unpaired) electrons. The zero-order valence-corrected chi connectivity index (χ0v) is 17.4. The van der Waals surface area contributed by atoms with Gasteiger partial charge in [-0.15, -0.1) is 11.3 Å². The molecule has 5 nitrogen and oxygen atoms in total. The van der Waals surface area contributed by atoms with Gasteiger partial charge in [-0.1, -0.05) is 54.6 Å². The average molecular weight is 426 g/mol. The zero-order valence-electron chi connectivity index (χ0n) is 16.6. The highest BCUT2D eigenvalue weighted by molar-refractivity contribution is 7.13. The van der Waals surface area contributed by atoms with Crippen LogP contribution in [0, 0.1) is 0 Å². The van der Waals surface area contributed by atoms with Gasteiger partial charge in [-0.2, -0.15) is 0 Å². The van der Waals surface area contributed by atoms with Crippen molar-refractivity contribution in [3.05, 3.63) is 107 Å². The molecule has 31 heavy (non-hydrogen) atoms. The van der Waals surface area contributed by atoms with Crippen LogP contribution in [0.15, 0.2) is 94.9 Å². The topological polar surface area (TPSA) is 68.0 Å². The first-order valence-electron chi connectivity index (χ1n) is 9.95. The fourth-order valence-corrected chi connectivity index (χ4v) is 4.28. The minimum absolute atomic E-state index is 0.118. The van der Waals surface area contributed by atoms with Gasteiger partial charge in [-0.3, -0.25) is 9.78 Å². The Hall–Kier alpha value is -3.77. The third-order valence-corrected chi connectivity index (χ3v) is 5.86. The second kappa shape index (κ2) is 8.53. The van der Waals surface area contributed by atoms with E-state index in [9.17, 15) is 4.79 Å². The Morgan fingerprint density at radius 3 is 2.61 bits per heavy atom. The van der Waals surface area contributed by atoms with Crippen molar-refractivity contribution < 1.29 is 9.21 Å². The largest absolute Gasteiger partial charge is 0.459 e. The van der Waals surface area contributed by atoms with Crippen LogP contribution >= 0.6 is 11.3 Å². The van der Waals surface area contributed by atoms with E-state index in [1.54, 1.807) is 6.20 Å². The lowest BCUT2D eigenvalue weighted by molar-refractivity contribution is -0.121. The second-order valence-electron chi connectivity index (χ2n) is 7.13. The van der Waals surface area contributed by atoms with Gasteiger partial charge in [0.25, 0.3) is 0 Å². The van der Waals surface area contributed by atoms with Gasteiger partial charge in [0.2, 0.25) is 5.91 Å². The molecule has 6 heteroatoms. The average Bonchev–Trinajstić information content (AvgIpc) is 3.45. The molecule has 0 saturated heterocycles. The smallest absolute Gasteiger partial charge is 0.226 e. The number of nitrogens with zero attached hydrogens (tertiary/aromatic N) is 2. The molecule has 0 unspecified atom stereocenters. The van der Waals surface area contributed by atoms with Gasteiger partial charge in [-0.05, 0) is 29.8 Å². The molecular formula is C25H19N3O2S. The van der Waals surface area contributed by atoms with Crippen LogP contribution in [0.1, 0.15) is 23.1 Å². The van der Waals surface area contributed by atoms with Crippen LogP contribution in [0.3, 0.4) is 0 Å². The summed E-state index contributed by atoms with van der Waals surface area (Å²) in [5, 5.41) is 6.84. The summed E-state index contributed by atoms with van der Waals surface area (Å²) in [6.07, 6.45) is 1.92. The van der Waals surface area contributed by atoms with Crippen LogP contribution in [0.25, 0.3) is 21.7 Å². The lowest BCUT2D eigenvalue weighted by Gasteiger charge is -2.17. The van der Waals surface area contributed by atoms with Gasteiger partial charge in [-0.25, -0.2) is 4.98 Å². The van der Waals surface area contributed by atoms with E-state index in [4.69, 9.17) is 4.42 Å². The summed E-state index contributed by atoms with van der Waals surface area (Å²) in [4.78, 5) is 21.8. The first-order valence-corrected chi connectivity index (χ1v) is 10.8. The summed E-state index contributed by atoms with van der Waals surface area (Å²) in [6.45, 7) is 0. The van der Waals surface area contributed by atoms with Gasteiger partial charge in [0.15, 0.2) is 0 Å². The maximum Gasteiger partial charge on any atom is 0.226 e. The molecule has 0 aliphatic rings. The quantitative estimate of drug-likeness (QED) is 0.396. The van der Waals surface area contributed by atoms with Crippen molar-refractivity contribution in [1.82, 2.24) is 15.3 Å². The number of hydrogen-bond acceptors (Lipinski definition) is 5. The third-order valence-electron chi connectivity index (χ3n) is 4.94. The highest BCUT2D eigenvalue weighted by Crippen LogP contribution is 2.28. The summed E-state index contributed by atoms with van der Waals surface area (Å²) < 4.78 is 6.06. The highest BCUT2D eigenvalue weighted by Gasteiger charge is 2.21. The number of aromatic nitrogens is 2. The minimum Gasteiger partial charge on any atom is -0.459 e. The second-order valence-corrected chi connectivity index (χ2v) is 7.99. The van der Waals surface area contributed by atoms with E-state index >= 15 is 0 Å². The van der Waals surface area contributed by atoms with Crippen molar-refractivity contribution in [2.75, 3.05) is 0 Å². The molecule has 152 valence electrons. The molecule has 5 aromatic rings. The van der Waals surface area contributed by atoms with Crippen molar-refractivity contribution in [3.8, 4) is 10.7 Å². The van der Waals surface area contributed by atoms with E-state index in [1.165, 1.54) is 11.3 Å². The number of nitrogens with one attached hydrogen (secondary N) is 1. The number of carbonyl (C=O) groups excluding carboxylic acids is 1. The normalized spacial score (nSPS) is 12.0. The maximum absolute atomic E-state index is 12.9. The number of hydrogen-bond donors (Lipinski definition) is 1. The molecule has 0 saturated carbocycles. The van der Waals surface area contributed by atoms with Gasteiger partial charge in [0.1, 0.15) is 22.4 Å². The Morgan fingerprint density at radius 1 is 1.00 bits per heavy atom. The molecule has 3 aromatic heterocycles. The lowest BCUT2D eigenvalue weighted by Crippen LogP contribution is -2.30. The van der Waals surface area contributed by atoms with Gasteiger partial charge in [0, 0.05) is 17.0 Å². The molecule has 5 rings (SSSR count). The predicted octanol–water partition coefficient (Wildman–Crippen LogP) is 5.40. The molecule has 3 heterocycles. The Morgan fingerprint density at radius 2 is 1.81 bits per heavy atom. The van der Waals surface area contributed by atoms with E-state index in [0.29, 0.717) is 5.76 Å². The first-order chi connectivity index (χ1) is 15.3. The highest BCUT2D eigenvalue weighted by atomic mass is 32.1. The molecule has 0 aliphatic carbocycles. The fraction of sp³-hybridized carbons (Fsp3) is 0.0800. The summed E-state index contributed by atoms with van der Waals surface area (Å²) in [5.41, 5.74) is 3.29. The first kappa shape index (κ1) is 19.2. The molecule has 0 bridgehead atoms. The number of rotatable bonds is 6. The van der Waals surface area contributed by atoms with Crippen LogP contribution in [0.4, 0.5) is 0 Å². The van der Waals surface area contributed by atoms with E-state index in [0.717, 1.165) is 32.9 Å². The summed E-state index contributed by atoms with van der Waals surface area (Å²) in [6, 6.07) is 25.0. The number of fused-ring (bicyclic) bond motifs is 1. The molecule has 0 aliphatic heterocycles. The molecule has 0 fully saturated rings. The number of amides is 1. The van der Waals surface area contributed by atoms with Crippen molar-refractivity contribution in [2.24, 2.45) is 0 Å². The maximum atomic E-state index is 12.9. The molecule has 1 N–H and O–H groups in total. The van der Waals surface area contributed by atoms with E-state index < -0.39 is 0 Å². The van der Waals surface area contributed by atoms with E-state index in [1.807, 2.05) is 84.2 Å². The predicted molar refractivity (Wildman–Crippen MR) is 122 cm³/mol. The van der Waals surface area contributed by atoms with Gasteiger partial charge < -0.3 is 9.73 Å². The standard InChI is InChI=1S/C25H19N3O2S/c29-23(15-19-16-31-25(27-19)20-11-6-7-13-26-20)28-24(17-8-2-1-3-9-17)22-14-18-10-4-5-12-21(18)30-22/h1-14,16,24H,15H2,(H,28,29)/t24-/m0/s1. The van der Waals surface area contributed by atoms with Crippen molar-refractivity contribution in [2.45, 2.75) is 12.5 Å². The fourth-order valence-electron chi connectivity index (χ4n) is 3.48. The molecule has 2 aromatic carbocycles. The third kappa shape index (κ3) is 4.25. The van der Waals surface area contributed by atoms with Gasteiger partial charge in [0.05, 0.1) is 17.8 Å². The Balaban J connectivity index is 1.38. The van der Waals surface area contributed by atoms with Crippen LogP contribution in [0.2, 0.25) is 0 Å². The minimum atomic E-state index is -0.380. The van der Waals surface area contributed by atoms with Crippen molar-refractivity contribution in [3.63, 3.8) is 0 Å². The number of furan rings is 1. The van der Waals surface area contributed by atoms with E-state index in [-0.39, 0.29) is 18.4 Å². The van der Waals surface area contributed by atoms with Crippen LogP contribution < -0.4 is 5.32 Å². The van der Waals surface area contributed by atoms with E-state index in [2.05, 4.69) is 15.3 Å². The van der Waals surface area contributed by atoms with Crippen LogP contribution in [0.5, 0.6) is 0 Å². The Bertz CT molecular complexity index is 1280. The molecule has 1 amide bonds. The lowest BCUT2D eigenvalue weighted by atomic mass is 10.0. The monoisotopic (exact) mass is 425 g/mol. The zero-order chi connectivity index (χ0) is 21.0. The SMILES string of the molecule is O=C(Cc1csc(-c2ccccn2)n1)N[C@@H](c1ccccc1)c1cc2ccccc2o1. The molecule has 1 atom stereocenters. The molecule has 0 spiro atoms. The number of benzene rings is 2. The van der Waals surface area contributed by atoms with Crippen LogP contribution in [-0.4, -0.2) is 15.9 Å². The van der Waals surface area contributed by atoms with Crippen LogP contribution in [-0.2, 0) is 11.2 Å². The number of carbonyl (C=O) groups is 1. The number of pyridine rings is 1.